The van der Waals surface area contributed by atoms with Crippen LogP contribution in [-0.2, 0) is 11.2 Å². The van der Waals surface area contributed by atoms with Crippen molar-refractivity contribution < 1.29 is 18.8 Å². The Hall–Kier alpha value is -3.35. The maximum atomic E-state index is 12.2. The number of anilines is 1. The van der Waals surface area contributed by atoms with Crippen LogP contribution >= 0.6 is 0 Å². The van der Waals surface area contributed by atoms with Crippen molar-refractivity contribution >= 4 is 11.6 Å². The summed E-state index contributed by atoms with van der Waals surface area (Å²) in [6.45, 7) is 3.98. The van der Waals surface area contributed by atoms with E-state index >= 15 is 0 Å². The first-order valence-corrected chi connectivity index (χ1v) is 9.42. The molecule has 0 fully saturated rings. The number of methoxy groups -OCH3 is 2. The highest BCUT2D eigenvalue weighted by Crippen LogP contribution is 2.31. The molecule has 1 heterocycles. The lowest BCUT2D eigenvalue weighted by molar-refractivity contribution is -0.116. The van der Waals surface area contributed by atoms with Crippen LogP contribution in [0.5, 0.6) is 11.5 Å². The first kappa shape index (κ1) is 20.4. The Morgan fingerprint density at radius 1 is 1.07 bits per heavy atom. The first-order valence-electron chi connectivity index (χ1n) is 9.42. The number of ether oxygens (including phenoxy) is 2. The summed E-state index contributed by atoms with van der Waals surface area (Å²) < 4.78 is 15.9. The molecule has 3 aromatic rings. The number of rotatable bonds is 8. The minimum Gasteiger partial charge on any atom is -0.493 e. The lowest BCUT2D eigenvalue weighted by Crippen LogP contribution is -2.12. The summed E-state index contributed by atoms with van der Waals surface area (Å²) >= 11 is 0. The average molecular weight is 395 g/mol. The number of benzene rings is 2. The van der Waals surface area contributed by atoms with Crippen LogP contribution in [0.3, 0.4) is 0 Å². The summed E-state index contributed by atoms with van der Waals surface area (Å²) in [4.78, 5) is 16.6. The number of nitrogens with one attached hydrogen (secondary N) is 1. The molecule has 1 aromatic heterocycles. The number of carbonyl (C=O) groups excluding carboxylic acids is 1. The van der Waals surface area contributed by atoms with Gasteiger partial charge in [-0.3, -0.25) is 4.79 Å². The fourth-order valence-electron chi connectivity index (χ4n) is 2.93. The molecule has 2 aromatic carbocycles. The highest BCUT2D eigenvalue weighted by molar-refractivity contribution is 5.91. The highest BCUT2D eigenvalue weighted by Gasteiger charge is 2.13. The summed E-state index contributed by atoms with van der Waals surface area (Å²) in [5.41, 5.74) is 3.77. The van der Waals surface area contributed by atoms with Gasteiger partial charge in [-0.25, -0.2) is 0 Å². The Kier molecular flexibility index (Phi) is 6.49. The molecule has 0 saturated carbocycles. The minimum absolute atomic E-state index is 0.0293. The van der Waals surface area contributed by atoms with E-state index in [1.807, 2.05) is 38.1 Å². The number of carbonyl (C=O) groups is 1. The van der Waals surface area contributed by atoms with E-state index in [4.69, 9.17) is 14.0 Å². The van der Waals surface area contributed by atoms with Crippen molar-refractivity contribution in [2.45, 2.75) is 33.1 Å². The first-order chi connectivity index (χ1) is 14.0. The molecular weight excluding hydrogens is 370 g/mol. The minimum atomic E-state index is -0.0293. The topological polar surface area (TPSA) is 86.5 Å². The van der Waals surface area contributed by atoms with Gasteiger partial charge in [0.15, 0.2) is 11.5 Å². The van der Waals surface area contributed by atoms with Crippen molar-refractivity contribution in [2.24, 2.45) is 0 Å². The summed E-state index contributed by atoms with van der Waals surface area (Å²) in [5, 5.41) is 6.98. The predicted molar refractivity (Wildman–Crippen MR) is 110 cm³/mol. The molecule has 0 saturated heterocycles. The van der Waals surface area contributed by atoms with Gasteiger partial charge in [-0.15, -0.1) is 0 Å². The Balaban J connectivity index is 1.55. The van der Waals surface area contributed by atoms with Crippen LogP contribution in [-0.4, -0.2) is 30.3 Å². The van der Waals surface area contributed by atoms with E-state index in [0.717, 1.165) is 22.4 Å². The lowest BCUT2D eigenvalue weighted by atomic mass is 10.1. The second-order valence-electron chi connectivity index (χ2n) is 6.80. The fourth-order valence-corrected chi connectivity index (χ4v) is 2.93. The lowest BCUT2D eigenvalue weighted by Gasteiger charge is -2.09. The van der Waals surface area contributed by atoms with Crippen LogP contribution in [0, 0.1) is 13.8 Å². The third-order valence-corrected chi connectivity index (χ3v) is 4.57. The monoisotopic (exact) mass is 395 g/mol. The van der Waals surface area contributed by atoms with Crippen LogP contribution < -0.4 is 14.8 Å². The smallest absolute Gasteiger partial charge is 0.226 e. The molecule has 1 N–H and O–H groups in total. The van der Waals surface area contributed by atoms with Gasteiger partial charge in [0.25, 0.3) is 0 Å². The number of amides is 1. The Labute approximate surface area is 170 Å². The summed E-state index contributed by atoms with van der Waals surface area (Å²) in [6, 6.07) is 11.4. The van der Waals surface area contributed by atoms with E-state index in [0.29, 0.717) is 42.5 Å². The molecule has 0 spiro atoms. The second-order valence-corrected chi connectivity index (χ2v) is 6.80. The SMILES string of the molecule is COc1ccc(-c2noc(CCCC(=O)Nc3cc(C)ccc3C)n2)cc1OC. The maximum absolute atomic E-state index is 12.2. The van der Waals surface area contributed by atoms with E-state index in [1.54, 1.807) is 26.4 Å². The molecule has 1 amide bonds. The second kappa shape index (κ2) is 9.23. The van der Waals surface area contributed by atoms with Crippen molar-refractivity contribution in [3.05, 3.63) is 53.4 Å². The Bertz CT molecular complexity index is 997. The maximum Gasteiger partial charge on any atom is 0.226 e. The largest absolute Gasteiger partial charge is 0.493 e. The molecule has 7 heteroatoms. The van der Waals surface area contributed by atoms with E-state index in [-0.39, 0.29) is 5.91 Å². The molecule has 0 atom stereocenters. The van der Waals surface area contributed by atoms with Gasteiger partial charge in [0.2, 0.25) is 17.6 Å². The third-order valence-electron chi connectivity index (χ3n) is 4.57. The van der Waals surface area contributed by atoms with Gasteiger partial charge in [0.05, 0.1) is 14.2 Å². The van der Waals surface area contributed by atoms with Gasteiger partial charge in [-0.05, 0) is 55.7 Å². The molecule has 29 heavy (non-hydrogen) atoms. The Morgan fingerprint density at radius 3 is 2.62 bits per heavy atom. The Morgan fingerprint density at radius 2 is 1.86 bits per heavy atom. The molecule has 0 unspecified atom stereocenters. The molecule has 3 rings (SSSR count). The molecule has 0 aliphatic heterocycles. The van der Waals surface area contributed by atoms with Gasteiger partial charge in [-0.2, -0.15) is 4.98 Å². The highest BCUT2D eigenvalue weighted by atomic mass is 16.5. The zero-order valence-corrected chi connectivity index (χ0v) is 17.1. The van der Waals surface area contributed by atoms with E-state index in [1.165, 1.54) is 0 Å². The van der Waals surface area contributed by atoms with Gasteiger partial charge in [0.1, 0.15) is 0 Å². The summed E-state index contributed by atoms with van der Waals surface area (Å²) in [7, 11) is 3.16. The predicted octanol–water partition coefficient (Wildman–Crippen LogP) is 4.33. The van der Waals surface area contributed by atoms with E-state index in [2.05, 4.69) is 15.5 Å². The number of hydrogen-bond acceptors (Lipinski definition) is 6. The number of nitrogens with zero attached hydrogens (tertiary/aromatic N) is 2. The molecule has 7 nitrogen and oxygen atoms in total. The molecule has 0 bridgehead atoms. The van der Waals surface area contributed by atoms with E-state index < -0.39 is 0 Å². The van der Waals surface area contributed by atoms with Crippen molar-refractivity contribution in [3.8, 4) is 22.9 Å². The van der Waals surface area contributed by atoms with Crippen LogP contribution in [0.1, 0.15) is 29.9 Å². The third kappa shape index (κ3) is 5.13. The van der Waals surface area contributed by atoms with Crippen molar-refractivity contribution in [1.82, 2.24) is 10.1 Å². The van der Waals surface area contributed by atoms with Crippen LogP contribution in [0.15, 0.2) is 40.9 Å². The number of aryl methyl sites for hydroxylation is 3. The zero-order valence-electron chi connectivity index (χ0n) is 17.1. The fraction of sp³-hybridized carbons (Fsp3) is 0.318. The van der Waals surface area contributed by atoms with Gasteiger partial charge < -0.3 is 19.3 Å². The summed E-state index contributed by atoms with van der Waals surface area (Å²) in [5.74, 6) is 2.17. The van der Waals surface area contributed by atoms with Crippen LogP contribution in [0.4, 0.5) is 5.69 Å². The molecule has 0 aliphatic carbocycles. The van der Waals surface area contributed by atoms with Gasteiger partial charge >= 0.3 is 0 Å². The normalized spacial score (nSPS) is 10.6. The van der Waals surface area contributed by atoms with Crippen LogP contribution in [0.2, 0.25) is 0 Å². The van der Waals surface area contributed by atoms with Gasteiger partial charge in [-0.1, -0.05) is 17.3 Å². The number of hydrogen-bond donors (Lipinski definition) is 1. The standard InChI is InChI=1S/C22H25N3O4/c1-14-8-9-15(2)17(12-14)23-20(26)6-5-7-21-24-22(25-29-21)16-10-11-18(27-3)19(13-16)28-4/h8-13H,5-7H2,1-4H3,(H,23,26). The quantitative estimate of drug-likeness (QED) is 0.611. The average Bonchev–Trinajstić information content (AvgIpc) is 3.19. The summed E-state index contributed by atoms with van der Waals surface area (Å²) in [6.07, 6.45) is 1.52. The zero-order chi connectivity index (χ0) is 20.8. The van der Waals surface area contributed by atoms with Crippen LogP contribution in [0.25, 0.3) is 11.4 Å². The number of aromatic nitrogens is 2. The molecule has 0 radical (unpaired) electrons. The molecule has 152 valence electrons. The molecule has 0 aliphatic rings. The van der Waals surface area contributed by atoms with Crippen molar-refractivity contribution in [2.75, 3.05) is 19.5 Å². The molecular formula is C22H25N3O4. The van der Waals surface area contributed by atoms with Crippen molar-refractivity contribution in [1.29, 1.82) is 0 Å². The van der Waals surface area contributed by atoms with E-state index in [9.17, 15) is 4.79 Å². The van der Waals surface area contributed by atoms with Gasteiger partial charge in [0, 0.05) is 24.1 Å². The van der Waals surface area contributed by atoms with Crippen molar-refractivity contribution in [3.63, 3.8) is 0 Å².